The molecule has 26 heavy (non-hydrogen) atoms. The summed E-state index contributed by atoms with van der Waals surface area (Å²) >= 11 is 3.44. The normalized spacial score (nSPS) is 10.2. The number of amides is 2. The van der Waals surface area contributed by atoms with Crippen LogP contribution in [-0.2, 0) is 0 Å². The Kier molecular flexibility index (Phi) is 5.43. The second-order valence-electron chi connectivity index (χ2n) is 5.61. The predicted molar refractivity (Wildman–Crippen MR) is 103 cm³/mol. The van der Waals surface area contributed by atoms with Gasteiger partial charge in [0.05, 0.1) is 17.0 Å². The lowest BCUT2D eigenvalue weighted by atomic mass is 10.1. The molecular formula is C20H16BrN3O2. The molecule has 3 rings (SSSR count). The van der Waals surface area contributed by atoms with Gasteiger partial charge in [0.2, 0.25) is 0 Å². The number of nitrogens with one attached hydrogen (secondary N) is 2. The zero-order valence-corrected chi connectivity index (χ0v) is 15.6. The molecule has 3 aromatic rings. The minimum Gasteiger partial charge on any atom is -0.267 e. The molecule has 0 aliphatic heterocycles. The molecule has 0 unspecified atom stereocenters. The van der Waals surface area contributed by atoms with Crippen molar-refractivity contribution in [2.75, 3.05) is 0 Å². The van der Waals surface area contributed by atoms with Crippen molar-refractivity contribution in [3.63, 3.8) is 0 Å². The van der Waals surface area contributed by atoms with Crippen molar-refractivity contribution in [1.82, 2.24) is 15.8 Å². The van der Waals surface area contributed by atoms with Crippen LogP contribution >= 0.6 is 15.9 Å². The van der Waals surface area contributed by atoms with Crippen molar-refractivity contribution in [2.45, 2.75) is 6.92 Å². The van der Waals surface area contributed by atoms with Gasteiger partial charge in [-0.2, -0.15) is 0 Å². The van der Waals surface area contributed by atoms with E-state index in [-0.39, 0.29) is 5.91 Å². The second-order valence-corrected chi connectivity index (χ2v) is 6.53. The molecule has 6 heteroatoms. The number of benzene rings is 2. The van der Waals surface area contributed by atoms with Crippen LogP contribution in [0.2, 0.25) is 0 Å². The van der Waals surface area contributed by atoms with Gasteiger partial charge in [-0.25, -0.2) is 0 Å². The first-order valence-corrected chi connectivity index (χ1v) is 8.73. The van der Waals surface area contributed by atoms with Gasteiger partial charge >= 0.3 is 0 Å². The smallest absolute Gasteiger partial charge is 0.267 e. The van der Waals surface area contributed by atoms with Crippen LogP contribution in [-0.4, -0.2) is 16.8 Å². The van der Waals surface area contributed by atoms with Crippen LogP contribution in [0.1, 0.15) is 26.4 Å². The van der Waals surface area contributed by atoms with E-state index < -0.39 is 5.91 Å². The number of aromatic nitrogens is 1. The summed E-state index contributed by atoms with van der Waals surface area (Å²) < 4.78 is 0.958. The molecule has 2 N–H and O–H groups in total. The highest BCUT2D eigenvalue weighted by atomic mass is 79.9. The van der Waals surface area contributed by atoms with Crippen molar-refractivity contribution in [3.8, 4) is 11.3 Å². The van der Waals surface area contributed by atoms with Gasteiger partial charge in [-0.3, -0.25) is 25.4 Å². The molecule has 2 amide bonds. The summed E-state index contributed by atoms with van der Waals surface area (Å²) in [6.45, 7) is 1.76. The summed E-state index contributed by atoms with van der Waals surface area (Å²) in [5.74, 6) is -0.796. The highest BCUT2D eigenvalue weighted by Crippen LogP contribution is 2.22. The number of carbonyl (C=O) groups excluding carboxylic acids is 2. The molecule has 0 atom stereocenters. The van der Waals surface area contributed by atoms with E-state index in [1.54, 1.807) is 43.3 Å². The number of hydrazine groups is 1. The Bertz CT molecular complexity index is 958. The molecule has 0 aliphatic carbocycles. The van der Waals surface area contributed by atoms with E-state index in [9.17, 15) is 9.59 Å². The molecule has 0 bridgehead atoms. The summed E-state index contributed by atoms with van der Waals surface area (Å²) in [5.41, 5.74) is 7.99. The van der Waals surface area contributed by atoms with Gasteiger partial charge in [0, 0.05) is 15.6 Å². The lowest BCUT2D eigenvalue weighted by Crippen LogP contribution is -2.41. The van der Waals surface area contributed by atoms with Crippen LogP contribution in [0.3, 0.4) is 0 Å². The number of nitrogens with zero attached hydrogens (tertiary/aromatic N) is 1. The molecule has 0 spiro atoms. The van der Waals surface area contributed by atoms with Gasteiger partial charge in [0.1, 0.15) is 0 Å². The summed E-state index contributed by atoms with van der Waals surface area (Å²) in [7, 11) is 0. The quantitative estimate of drug-likeness (QED) is 0.644. The lowest BCUT2D eigenvalue weighted by Gasteiger charge is -2.10. The van der Waals surface area contributed by atoms with Gasteiger partial charge < -0.3 is 0 Å². The molecule has 0 fully saturated rings. The van der Waals surface area contributed by atoms with Gasteiger partial charge in [-0.05, 0) is 43.3 Å². The second kappa shape index (κ2) is 7.93. The molecule has 1 aromatic heterocycles. The van der Waals surface area contributed by atoms with Gasteiger partial charge in [0.25, 0.3) is 11.8 Å². The van der Waals surface area contributed by atoms with E-state index in [0.29, 0.717) is 16.8 Å². The highest BCUT2D eigenvalue weighted by Gasteiger charge is 2.13. The maximum absolute atomic E-state index is 12.3. The molecule has 2 aromatic carbocycles. The number of hydrogen-bond acceptors (Lipinski definition) is 3. The van der Waals surface area contributed by atoms with Gasteiger partial charge in [-0.15, -0.1) is 0 Å². The summed E-state index contributed by atoms with van der Waals surface area (Å²) in [4.78, 5) is 28.8. The number of hydrogen-bond donors (Lipinski definition) is 2. The maximum Gasteiger partial charge on any atom is 0.271 e. The fourth-order valence-corrected chi connectivity index (χ4v) is 2.85. The zero-order chi connectivity index (χ0) is 18.5. The first-order chi connectivity index (χ1) is 12.5. The lowest BCUT2D eigenvalue weighted by molar-refractivity contribution is 0.0846. The predicted octanol–water partition coefficient (Wildman–Crippen LogP) is 3.89. The summed E-state index contributed by atoms with van der Waals surface area (Å²) in [6.07, 6.45) is 0. The zero-order valence-electron chi connectivity index (χ0n) is 14.0. The Morgan fingerprint density at radius 2 is 1.62 bits per heavy atom. The molecule has 0 saturated carbocycles. The van der Waals surface area contributed by atoms with E-state index in [2.05, 4.69) is 31.8 Å². The molecule has 0 aliphatic rings. The average Bonchev–Trinajstić information content (AvgIpc) is 2.66. The Balaban J connectivity index is 1.71. The first-order valence-electron chi connectivity index (χ1n) is 7.94. The Morgan fingerprint density at radius 1 is 0.885 bits per heavy atom. The topological polar surface area (TPSA) is 71.1 Å². The van der Waals surface area contributed by atoms with E-state index in [1.165, 1.54) is 0 Å². The van der Waals surface area contributed by atoms with Crippen molar-refractivity contribution in [1.29, 1.82) is 0 Å². The monoisotopic (exact) mass is 409 g/mol. The summed E-state index contributed by atoms with van der Waals surface area (Å²) in [5, 5.41) is 0. The Labute approximate surface area is 159 Å². The van der Waals surface area contributed by atoms with Crippen LogP contribution in [0.15, 0.2) is 71.2 Å². The van der Waals surface area contributed by atoms with Crippen molar-refractivity contribution in [3.05, 3.63) is 88.0 Å². The van der Waals surface area contributed by atoms with Crippen molar-refractivity contribution < 1.29 is 9.59 Å². The molecule has 0 radical (unpaired) electrons. The number of rotatable bonds is 3. The molecule has 130 valence electrons. The maximum atomic E-state index is 12.3. The minimum atomic E-state index is -0.417. The van der Waals surface area contributed by atoms with Gasteiger partial charge in [0.15, 0.2) is 0 Å². The van der Waals surface area contributed by atoms with Gasteiger partial charge in [-0.1, -0.05) is 46.3 Å². The van der Waals surface area contributed by atoms with Crippen LogP contribution in [0, 0.1) is 6.92 Å². The van der Waals surface area contributed by atoms with Crippen LogP contribution in [0.5, 0.6) is 0 Å². The Morgan fingerprint density at radius 3 is 2.31 bits per heavy atom. The number of pyridine rings is 1. The molecule has 1 heterocycles. The number of halogens is 1. The Hall–Kier alpha value is -2.99. The third-order valence-electron chi connectivity index (χ3n) is 3.78. The third kappa shape index (κ3) is 4.15. The first kappa shape index (κ1) is 17.8. The minimum absolute atomic E-state index is 0.379. The van der Waals surface area contributed by atoms with E-state index in [0.717, 1.165) is 15.7 Å². The average molecular weight is 410 g/mol. The van der Waals surface area contributed by atoms with E-state index in [4.69, 9.17) is 0 Å². The third-order valence-corrected chi connectivity index (χ3v) is 4.27. The molecule has 0 saturated heterocycles. The highest BCUT2D eigenvalue weighted by molar-refractivity contribution is 9.10. The van der Waals surface area contributed by atoms with Crippen LogP contribution < -0.4 is 10.9 Å². The number of carbonyl (C=O) groups is 2. The molecular weight excluding hydrogens is 394 g/mol. The summed E-state index contributed by atoms with van der Waals surface area (Å²) in [6, 6.07) is 19.9. The van der Waals surface area contributed by atoms with Crippen LogP contribution in [0.4, 0.5) is 0 Å². The fraction of sp³-hybridized carbons (Fsp3) is 0.0500. The van der Waals surface area contributed by atoms with Crippen molar-refractivity contribution >= 4 is 27.7 Å². The standard InChI is InChI=1S/C20H16BrN3O2/c1-13-17(10-11-18(22-13)15-8-5-9-16(21)12-15)20(26)24-23-19(25)14-6-3-2-4-7-14/h2-12H,1H3,(H,23,25)(H,24,26). The SMILES string of the molecule is Cc1nc(-c2cccc(Br)c2)ccc1C(=O)NNC(=O)c1ccccc1. The van der Waals surface area contributed by atoms with Crippen LogP contribution in [0.25, 0.3) is 11.3 Å². The van der Waals surface area contributed by atoms with E-state index >= 15 is 0 Å². The van der Waals surface area contributed by atoms with E-state index in [1.807, 2.05) is 30.3 Å². The molecule has 5 nitrogen and oxygen atoms in total. The fourth-order valence-electron chi connectivity index (χ4n) is 2.45. The largest absolute Gasteiger partial charge is 0.271 e. The van der Waals surface area contributed by atoms with Crippen molar-refractivity contribution in [2.24, 2.45) is 0 Å². The number of aryl methyl sites for hydroxylation is 1.